The molecule has 21 heavy (non-hydrogen) atoms. The van der Waals surface area contributed by atoms with Crippen molar-refractivity contribution in [2.45, 2.75) is 58.2 Å². The lowest BCUT2D eigenvalue weighted by Gasteiger charge is -2.73. The lowest BCUT2D eigenvalue weighted by molar-refractivity contribution is -0.295. The average Bonchev–Trinajstić information content (AvgIpc) is 2.45. The number of piperidine rings is 2. The number of nitrogens with zero attached hydrogens (tertiary/aromatic N) is 2. The van der Waals surface area contributed by atoms with Crippen LogP contribution in [0, 0.1) is 10.8 Å². The molecule has 0 radical (unpaired) electrons. The summed E-state index contributed by atoms with van der Waals surface area (Å²) in [6.45, 7) is 10.1. The molecule has 4 bridgehead atoms. The summed E-state index contributed by atoms with van der Waals surface area (Å²) in [6, 6.07) is 0. The third-order valence-corrected chi connectivity index (χ3v) is 6.77. The van der Waals surface area contributed by atoms with Gasteiger partial charge < -0.3 is 10.2 Å². The minimum atomic E-state index is -0.720. The molecular weight excluding hydrogens is 268 g/mol. The zero-order valence-corrected chi connectivity index (χ0v) is 13.4. The third kappa shape index (κ3) is 1.90. The molecule has 0 spiro atoms. The van der Waals surface area contributed by atoms with Crippen LogP contribution < -0.4 is 0 Å². The number of carboxylic acid groups (broad SMARTS) is 1. The predicted molar refractivity (Wildman–Crippen MR) is 79.9 cm³/mol. The van der Waals surface area contributed by atoms with Crippen molar-refractivity contribution >= 4 is 5.97 Å². The first-order chi connectivity index (χ1) is 9.82. The second-order valence-electron chi connectivity index (χ2n) is 7.66. The quantitative estimate of drug-likeness (QED) is 0.802. The van der Waals surface area contributed by atoms with Gasteiger partial charge in [-0.15, -0.1) is 0 Å². The van der Waals surface area contributed by atoms with Crippen molar-refractivity contribution in [3.8, 4) is 0 Å². The molecule has 0 unspecified atom stereocenters. The van der Waals surface area contributed by atoms with Gasteiger partial charge in [0, 0.05) is 43.4 Å². The van der Waals surface area contributed by atoms with Gasteiger partial charge in [0.1, 0.15) is 0 Å². The summed E-state index contributed by atoms with van der Waals surface area (Å²) in [5.74, 6) is -0.720. The van der Waals surface area contributed by atoms with Crippen LogP contribution in [-0.4, -0.2) is 63.9 Å². The molecule has 120 valence electrons. The van der Waals surface area contributed by atoms with Gasteiger partial charge in [0.2, 0.25) is 0 Å². The van der Waals surface area contributed by atoms with E-state index >= 15 is 0 Å². The normalized spacial score (nSPS) is 51.3. The van der Waals surface area contributed by atoms with Crippen molar-refractivity contribution in [2.24, 2.45) is 10.8 Å². The standard InChI is InChI=1S/C16H28N2O3/c1-4-15-8-17-10-16(5-2,13(15)21)11-18(9-15)14(17,3)7-6-12(19)20/h13,21H,4-11H2,1-3H3,(H,19,20). The SMILES string of the molecule is CCC12CN3CC(CC)(CN(C1)C3(C)CCC(=O)O)C2O. The number of aliphatic carboxylic acids is 1. The van der Waals surface area contributed by atoms with Crippen molar-refractivity contribution in [2.75, 3.05) is 26.2 Å². The maximum atomic E-state index is 11.0. The summed E-state index contributed by atoms with van der Waals surface area (Å²) >= 11 is 0. The molecule has 4 saturated heterocycles. The minimum Gasteiger partial charge on any atom is -0.481 e. The lowest BCUT2D eigenvalue weighted by atomic mass is 9.56. The Labute approximate surface area is 126 Å². The molecule has 0 aromatic rings. The first-order valence-corrected chi connectivity index (χ1v) is 8.22. The molecule has 5 heteroatoms. The zero-order chi connectivity index (χ0) is 15.5. The number of aliphatic hydroxyl groups is 1. The van der Waals surface area contributed by atoms with Gasteiger partial charge in [-0.3, -0.25) is 14.6 Å². The van der Waals surface area contributed by atoms with Gasteiger partial charge >= 0.3 is 5.97 Å². The first kappa shape index (κ1) is 15.3. The van der Waals surface area contributed by atoms with Crippen LogP contribution in [0.4, 0.5) is 0 Å². The molecule has 4 heterocycles. The number of carboxylic acids is 1. The molecule has 0 saturated carbocycles. The fraction of sp³-hybridized carbons (Fsp3) is 0.938. The number of aliphatic hydroxyl groups excluding tert-OH is 1. The van der Waals surface area contributed by atoms with E-state index in [1.54, 1.807) is 0 Å². The van der Waals surface area contributed by atoms with Crippen molar-refractivity contribution < 1.29 is 15.0 Å². The second-order valence-corrected chi connectivity index (χ2v) is 7.66. The van der Waals surface area contributed by atoms with E-state index in [1.807, 2.05) is 0 Å². The smallest absolute Gasteiger partial charge is 0.303 e. The molecule has 4 aliphatic rings. The van der Waals surface area contributed by atoms with Crippen LogP contribution in [0.3, 0.4) is 0 Å². The Bertz CT molecular complexity index is 411. The molecule has 0 amide bonds. The molecule has 2 N–H and O–H groups in total. The number of rotatable bonds is 5. The van der Waals surface area contributed by atoms with Gasteiger partial charge in [-0.05, 0) is 26.2 Å². The Morgan fingerprint density at radius 1 is 1.10 bits per heavy atom. The molecule has 4 rings (SSSR count). The average molecular weight is 296 g/mol. The Morgan fingerprint density at radius 2 is 1.52 bits per heavy atom. The Kier molecular flexibility index (Phi) is 3.39. The molecule has 0 aromatic heterocycles. The highest BCUT2D eigenvalue weighted by Gasteiger charge is 2.66. The van der Waals surface area contributed by atoms with Gasteiger partial charge in [0.15, 0.2) is 0 Å². The Morgan fingerprint density at radius 3 is 1.86 bits per heavy atom. The molecule has 5 nitrogen and oxygen atoms in total. The van der Waals surface area contributed by atoms with Gasteiger partial charge in [0.05, 0.1) is 11.8 Å². The molecule has 4 fully saturated rings. The Hall–Kier alpha value is -0.650. The van der Waals surface area contributed by atoms with Crippen molar-refractivity contribution in [3.05, 3.63) is 0 Å². The summed E-state index contributed by atoms with van der Waals surface area (Å²) in [5, 5.41) is 20.0. The van der Waals surface area contributed by atoms with E-state index in [0.29, 0.717) is 6.42 Å². The van der Waals surface area contributed by atoms with Crippen LogP contribution in [0.5, 0.6) is 0 Å². The van der Waals surface area contributed by atoms with Gasteiger partial charge in [-0.25, -0.2) is 0 Å². The number of hydrogen-bond acceptors (Lipinski definition) is 4. The first-order valence-electron chi connectivity index (χ1n) is 8.22. The van der Waals surface area contributed by atoms with Crippen molar-refractivity contribution in [1.29, 1.82) is 0 Å². The lowest BCUT2D eigenvalue weighted by Crippen LogP contribution is -2.84. The molecule has 4 aliphatic heterocycles. The summed E-state index contributed by atoms with van der Waals surface area (Å²) in [5.41, 5.74) is -0.222. The second kappa shape index (κ2) is 4.67. The van der Waals surface area contributed by atoms with E-state index in [1.165, 1.54) is 0 Å². The van der Waals surface area contributed by atoms with Crippen LogP contribution in [-0.2, 0) is 4.79 Å². The van der Waals surface area contributed by atoms with Gasteiger partial charge in [-0.1, -0.05) is 13.8 Å². The van der Waals surface area contributed by atoms with E-state index < -0.39 is 5.97 Å². The van der Waals surface area contributed by atoms with E-state index in [0.717, 1.165) is 39.0 Å². The highest BCUT2D eigenvalue weighted by Crippen LogP contribution is 2.57. The van der Waals surface area contributed by atoms with Gasteiger partial charge in [0.25, 0.3) is 0 Å². The minimum absolute atomic E-state index is 0.0325. The van der Waals surface area contributed by atoms with E-state index in [9.17, 15) is 9.90 Å². The van der Waals surface area contributed by atoms with Gasteiger partial charge in [-0.2, -0.15) is 0 Å². The molecular formula is C16H28N2O3. The van der Waals surface area contributed by atoms with E-state index in [4.69, 9.17) is 5.11 Å². The molecule has 0 aliphatic carbocycles. The van der Waals surface area contributed by atoms with Crippen molar-refractivity contribution in [1.82, 2.24) is 9.80 Å². The maximum absolute atomic E-state index is 11.0. The predicted octanol–water partition coefficient (Wildman–Crippen LogP) is 1.37. The largest absolute Gasteiger partial charge is 0.481 e. The summed E-state index contributed by atoms with van der Waals surface area (Å²) in [6.07, 6.45) is 2.62. The van der Waals surface area contributed by atoms with Crippen LogP contribution >= 0.6 is 0 Å². The highest BCUT2D eigenvalue weighted by molar-refractivity contribution is 5.66. The zero-order valence-electron chi connectivity index (χ0n) is 13.4. The number of hydrogen-bond donors (Lipinski definition) is 2. The summed E-state index contributed by atoms with van der Waals surface area (Å²) in [4.78, 5) is 15.9. The van der Waals surface area contributed by atoms with Crippen molar-refractivity contribution in [3.63, 3.8) is 0 Å². The maximum Gasteiger partial charge on any atom is 0.303 e. The molecule has 0 atom stereocenters. The summed E-state index contributed by atoms with van der Waals surface area (Å²) < 4.78 is 0. The van der Waals surface area contributed by atoms with Crippen LogP contribution in [0.25, 0.3) is 0 Å². The van der Waals surface area contributed by atoms with Crippen LogP contribution in [0.2, 0.25) is 0 Å². The molecule has 0 aromatic carbocycles. The monoisotopic (exact) mass is 296 g/mol. The van der Waals surface area contributed by atoms with Crippen LogP contribution in [0.15, 0.2) is 0 Å². The highest BCUT2D eigenvalue weighted by atomic mass is 16.4. The van der Waals surface area contributed by atoms with E-state index in [2.05, 4.69) is 30.6 Å². The summed E-state index contributed by atoms with van der Waals surface area (Å²) in [7, 11) is 0. The van der Waals surface area contributed by atoms with E-state index in [-0.39, 0.29) is 29.0 Å². The topological polar surface area (TPSA) is 64.0 Å². The van der Waals surface area contributed by atoms with Crippen LogP contribution in [0.1, 0.15) is 46.5 Å². The fourth-order valence-corrected chi connectivity index (χ4v) is 5.10. The number of carbonyl (C=O) groups is 1. The fourth-order valence-electron chi connectivity index (χ4n) is 5.10. The third-order valence-electron chi connectivity index (χ3n) is 6.77. The Balaban J connectivity index is 1.92.